The Morgan fingerprint density at radius 3 is 2.82 bits per heavy atom. The summed E-state index contributed by atoms with van der Waals surface area (Å²) in [5.74, 6) is 0.245. The molecular formula is C39H46ClN5O5S. The Labute approximate surface area is 305 Å². The van der Waals surface area contributed by atoms with E-state index >= 15 is 0 Å². The second-order valence-corrected chi connectivity index (χ2v) is 17.6. The van der Waals surface area contributed by atoms with Crippen molar-refractivity contribution >= 4 is 39.0 Å². The van der Waals surface area contributed by atoms with E-state index in [1.807, 2.05) is 31.3 Å². The van der Waals surface area contributed by atoms with Crippen LogP contribution in [0.5, 0.6) is 5.75 Å². The molecule has 8 rings (SSSR count). The zero-order chi connectivity index (χ0) is 35.3. The molecule has 2 amide bonds. The predicted octanol–water partition coefficient (Wildman–Crippen LogP) is 6.38. The Kier molecular flexibility index (Phi) is 9.25. The highest BCUT2D eigenvalue weighted by Gasteiger charge is 2.47. The van der Waals surface area contributed by atoms with E-state index in [1.165, 1.54) is 11.1 Å². The van der Waals surface area contributed by atoms with Gasteiger partial charge in [-0.15, -0.1) is 4.36 Å². The van der Waals surface area contributed by atoms with Gasteiger partial charge in [0.15, 0.2) is 0 Å². The zero-order valence-electron chi connectivity index (χ0n) is 29.3. The van der Waals surface area contributed by atoms with Gasteiger partial charge in [0.2, 0.25) is 5.91 Å². The minimum Gasteiger partial charge on any atom is -0.490 e. The normalized spacial score (nSPS) is 32.3. The van der Waals surface area contributed by atoms with Gasteiger partial charge in [-0.05, 0) is 111 Å². The molecule has 10 nitrogen and oxygen atoms in total. The molecule has 1 aromatic heterocycles. The van der Waals surface area contributed by atoms with Gasteiger partial charge in [-0.2, -0.15) is 5.10 Å². The Hall–Kier alpha value is -3.67. The lowest BCUT2D eigenvalue weighted by atomic mass is 9.68. The minimum absolute atomic E-state index is 0.00129. The molecule has 3 aromatic rings. The Morgan fingerprint density at radius 2 is 2.04 bits per heavy atom. The van der Waals surface area contributed by atoms with Gasteiger partial charge in [0.1, 0.15) is 15.7 Å². The maximum Gasteiger partial charge on any atom is 0.286 e. The van der Waals surface area contributed by atoms with Gasteiger partial charge in [-0.3, -0.25) is 19.0 Å². The number of fused-ring (bicyclic) bond motifs is 4. The van der Waals surface area contributed by atoms with Crippen LogP contribution >= 0.6 is 11.6 Å². The van der Waals surface area contributed by atoms with Crippen molar-refractivity contribution in [1.29, 1.82) is 0 Å². The average molecular weight is 732 g/mol. The van der Waals surface area contributed by atoms with Crippen molar-refractivity contribution in [2.75, 3.05) is 37.5 Å². The largest absolute Gasteiger partial charge is 0.490 e. The molecule has 1 unspecified atom stereocenters. The maximum absolute atomic E-state index is 14.4. The number of ether oxygens (including phenoxy) is 2. The first-order valence-corrected chi connectivity index (χ1v) is 20.3. The molecule has 51 heavy (non-hydrogen) atoms. The fourth-order valence-corrected chi connectivity index (χ4v) is 10.7. The molecule has 5 aliphatic rings. The summed E-state index contributed by atoms with van der Waals surface area (Å²) in [6.07, 6.45) is 12.8. The summed E-state index contributed by atoms with van der Waals surface area (Å²) in [5, 5.41) is 4.98. The summed E-state index contributed by atoms with van der Waals surface area (Å²) in [6, 6.07) is 13.5. The summed E-state index contributed by atoms with van der Waals surface area (Å²) in [5.41, 5.74) is 4.42. The number of aromatic nitrogens is 2. The molecule has 1 N–H and O–H groups in total. The zero-order valence-corrected chi connectivity index (χ0v) is 30.8. The number of rotatable bonds is 4. The molecular weight excluding hydrogens is 686 g/mol. The second kappa shape index (κ2) is 13.7. The van der Waals surface area contributed by atoms with E-state index in [9.17, 15) is 13.8 Å². The lowest BCUT2D eigenvalue weighted by Gasteiger charge is -2.46. The van der Waals surface area contributed by atoms with Crippen molar-refractivity contribution in [2.45, 2.75) is 68.8 Å². The Bertz CT molecular complexity index is 2000. The Morgan fingerprint density at radius 1 is 1.16 bits per heavy atom. The van der Waals surface area contributed by atoms with Crippen molar-refractivity contribution in [3.63, 3.8) is 0 Å². The molecule has 7 atom stereocenters. The van der Waals surface area contributed by atoms with E-state index in [4.69, 9.17) is 21.1 Å². The van der Waals surface area contributed by atoms with Crippen LogP contribution in [0.4, 0.5) is 5.69 Å². The minimum atomic E-state index is -3.42. The molecule has 270 valence electrons. The van der Waals surface area contributed by atoms with Gasteiger partial charge >= 0.3 is 0 Å². The average Bonchev–Trinajstić information content (AvgIpc) is 3.81. The van der Waals surface area contributed by atoms with E-state index < -0.39 is 15.8 Å². The lowest BCUT2D eigenvalue weighted by Crippen LogP contribution is -2.49. The van der Waals surface area contributed by atoms with Crippen molar-refractivity contribution in [1.82, 2.24) is 14.5 Å². The van der Waals surface area contributed by atoms with Crippen LogP contribution < -0.4 is 14.4 Å². The SMILES string of the molecule is CO[C@H]1/C=C/CCCS(=O)(NC(=O)[C@H]2C[C@@H]2c2ccnn2C)=NC(=O)c2ccc3c(c2)N(C[C@@H]2CC[C@H]21)C[C@@]1(CCCc2cc(Cl)ccc21)CO3. The van der Waals surface area contributed by atoms with Gasteiger partial charge in [0.05, 0.1) is 24.2 Å². The van der Waals surface area contributed by atoms with Crippen molar-refractivity contribution in [3.05, 3.63) is 88.2 Å². The summed E-state index contributed by atoms with van der Waals surface area (Å²) in [7, 11) is 0.202. The monoisotopic (exact) mass is 731 g/mol. The molecule has 2 saturated carbocycles. The third-order valence-electron chi connectivity index (χ3n) is 11.9. The quantitative estimate of drug-likeness (QED) is 0.310. The number of amides is 2. The number of aryl methyl sites for hydroxylation is 2. The van der Waals surface area contributed by atoms with Gasteiger partial charge in [-0.1, -0.05) is 29.8 Å². The number of hydrogen-bond donors (Lipinski definition) is 1. The van der Waals surface area contributed by atoms with E-state index in [2.05, 4.69) is 43.4 Å². The van der Waals surface area contributed by atoms with E-state index in [1.54, 1.807) is 24.1 Å². The number of anilines is 1. The van der Waals surface area contributed by atoms with Crippen LogP contribution in [-0.4, -0.2) is 64.5 Å². The molecule has 2 aliphatic heterocycles. The lowest BCUT2D eigenvalue weighted by molar-refractivity contribution is -0.120. The predicted molar refractivity (Wildman–Crippen MR) is 198 cm³/mol. The van der Waals surface area contributed by atoms with Crippen LogP contribution in [0.3, 0.4) is 0 Å². The molecule has 1 spiro atoms. The topological polar surface area (TPSA) is 115 Å². The first-order chi connectivity index (χ1) is 24.6. The smallest absolute Gasteiger partial charge is 0.286 e. The molecule has 12 heteroatoms. The van der Waals surface area contributed by atoms with E-state index in [0.29, 0.717) is 49.0 Å². The van der Waals surface area contributed by atoms with Gasteiger partial charge in [0, 0.05) is 67.0 Å². The number of carbonyl (C=O) groups is 2. The standard InChI is InChI=1S/C39H46ClN5O5S/c1-44-33(15-17-41-44)30-21-31(30)38(47)43-51(48)18-5-3-4-8-35(49-2)29-12-9-27(29)22-45-23-39(16-6-7-25-19-28(40)11-13-32(25)39)24-50-36-14-10-26(20-34(36)45)37(46)42-51/h4,8,10-11,13-15,17,19-20,27,29-31,35H,3,5-7,9,12,16,18,21-24H2,1-2H3,(H,42,43,46,47,48)/b8-4+/t27-,29+,30-,31-,35-,39-,51?/m0/s1. The third-order valence-corrected chi connectivity index (χ3v) is 13.9. The summed E-state index contributed by atoms with van der Waals surface area (Å²) in [6.45, 7) is 2.04. The first kappa shape index (κ1) is 34.4. The highest BCUT2D eigenvalue weighted by molar-refractivity contribution is 7.92. The van der Waals surface area contributed by atoms with Crippen LogP contribution in [0.25, 0.3) is 0 Å². The number of carbonyl (C=O) groups excluding carboxylic acids is 2. The summed E-state index contributed by atoms with van der Waals surface area (Å²) in [4.78, 5) is 29.8. The number of hydrogen-bond acceptors (Lipinski definition) is 7. The number of methoxy groups -OCH3 is 1. The number of halogens is 1. The third kappa shape index (κ3) is 6.73. The van der Waals surface area contributed by atoms with Crippen LogP contribution in [0, 0.1) is 17.8 Å². The van der Waals surface area contributed by atoms with Crippen molar-refractivity contribution in [3.8, 4) is 5.75 Å². The van der Waals surface area contributed by atoms with E-state index in [-0.39, 0.29) is 35.0 Å². The molecule has 2 fully saturated rings. The summed E-state index contributed by atoms with van der Waals surface area (Å²) < 4.78 is 35.9. The van der Waals surface area contributed by atoms with Crippen LogP contribution in [0.2, 0.25) is 5.02 Å². The highest BCUT2D eigenvalue weighted by Crippen LogP contribution is 2.48. The number of benzene rings is 2. The molecule has 0 saturated heterocycles. The first-order valence-electron chi connectivity index (χ1n) is 18.2. The fourth-order valence-electron chi connectivity index (χ4n) is 8.91. The van der Waals surface area contributed by atoms with Crippen molar-refractivity contribution < 1.29 is 23.3 Å². The maximum atomic E-state index is 14.4. The highest BCUT2D eigenvalue weighted by atomic mass is 35.5. The number of nitrogens with zero attached hydrogens (tertiary/aromatic N) is 4. The second-order valence-electron chi connectivity index (χ2n) is 15.1. The van der Waals surface area contributed by atoms with E-state index in [0.717, 1.165) is 61.6 Å². The summed E-state index contributed by atoms with van der Waals surface area (Å²) >= 11 is 6.46. The fraction of sp³-hybridized carbons (Fsp3) is 0.513. The number of nitrogens with one attached hydrogen (secondary N) is 1. The van der Waals surface area contributed by atoms with Crippen LogP contribution in [0.15, 0.2) is 65.2 Å². The van der Waals surface area contributed by atoms with Crippen LogP contribution in [0.1, 0.15) is 78.0 Å². The van der Waals surface area contributed by atoms with Gasteiger partial charge < -0.3 is 14.4 Å². The van der Waals surface area contributed by atoms with Gasteiger partial charge in [0.25, 0.3) is 5.91 Å². The molecule has 3 heterocycles. The molecule has 3 aliphatic carbocycles. The molecule has 2 aromatic carbocycles. The number of allylic oxidation sites excluding steroid dienone is 1. The van der Waals surface area contributed by atoms with Crippen molar-refractivity contribution in [2.24, 2.45) is 29.2 Å². The van der Waals surface area contributed by atoms with Crippen LogP contribution in [-0.2, 0) is 38.3 Å². The molecule has 0 radical (unpaired) electrons. The van der Waals surface area contributed by atoms with Gasteiger partial charge in [-0.25, -0.2) is 4.21 Å². The molecule has 2 bridgehead atoms. The Balaban J connectivity index is 1.15.